The summed E-state index contributed by atoms with van der Waals surface area (Å²) in [7, 11) is 0. The molecule has 3 amide bonds. The third-order valence-corrected chi connectivity index (χ3v) is 5.03. The van der Waals surface area contributed by atoms with Gasteiger partial charge in [0.2, 0.25) is 5.89 Å². The van der Waals surface area contributed by atoms with Crippen LogP contribution in [0.5, 0.6) is 0 Å². The van der Waals surface area contributed by atoms with E-state index in [0.29, 0.717) is 17.6 Å². The van der Waals surface area contributed by atoms with Gasteiger partial charge in [0.25, 0.3) is 5.91 Å². The number of imide groups is 1. The molecule has 0 saturated heterocycles. The lowest BCUT2D eigenvalue weighted by atomic mass is 9.86. The highest BCUT2D eigenvalue weighted by atomic mass is 16.5. The summed E-state index contributed by atoms with van der Waals surface area (Å²) in [6.07, 6.45) is 4.16. The molecule has 1 aliphatic rings. The number of carbonyl (C=O) groups is 3. The predicted molar refractivity (Wildman–Crippen MR) is 105 cm³/mol. The summed E-state index contributed by atoms with van der Waals surface area (Å²) in [6, 6.07) is 8.60. The summed E-state index contributed by atoms with van der Waals surface area (Å²) in [5, 5.41) is 5.00. The maximum Gasteiger partial charge on any atom is 0.361 e. The number of ether oxygens (including phenoxy) is 1. The van der Waals surface area contributed by atoms with Crippen molar-refractivity contribution >= 4 is 17.9 Å². The number of aromatic nitrogens is 1. The molecule has 8 nitrogen and oxygen atoms in total. The number of amides is 3. The van der Waals surface area contributed by atoms with E-state index < -0.39 is 24.5 Å². The maximum atomic E-state index is 12.2. The Hall–Kier alpha value is -3.16. The first-order valence-corrected chi connectivity index (χ1v) is 9.74. The maximum absolute atomic E-state index is 12.2. The van der Waals surface area contributed by atoms with Crippen LogP contribution in [-0.4, -0.2) is 35.5 Å². The number of rotatable bonds is 5. The Morgan fingerprint density at radius 3 is 2.62 bits per heavy atom. The summed E-state index contributed by atoms with van der Waals surface area (Å²) in [5.41, 5.74) is 0.721. The van der Waals surface area contributed by atoms with E-state index in [1.807, 2.05) is 18.2 Å². The highest BCUT2D eigenvalue weighted by molar-refractivity contribution is 5.97. The number of urea groups is 1. The summed E-state index contributed by atoms with van der Waals surface area (Å²) in [6.45, 7) is 3.09. The molecular weight excluding hydrogens is 374 g/mol. The highest BCUT2D eigenvalue weighted by Gasteiger charge is 2.24. The lowest BCUT2D eigenvalue weighted by Crippen LogP contribution is -2.48. The average molecular weight is 399 g/mol. The van der Waals surface area contributed by atoms with Crippen LogP contribution in [0.2, 0.25) is 0 Å². The van der Waals surface area contributed by atoms with Gasteiger partial charge < -0.3 is 14.5 Å². The van der Waals surface area contributed by atoms with Gasteiger partial charge in [0.15, 0.2) is 12.3 Å². The molecule has 2 atom stereocenters. The van der Waals surface area contributed by atoms with Gasteiger partial charge in [-0.3, -0.25) is 10.1 Å². The number of hydrogen-bond acceptors (Lipinski definition) is 6. The fourth-order valence-corrected chi connectivity index (χ4v) is 3.39. The number of oxazole rings is 1. The first kappa shape index (κ1) is 20.6. The Labute approximate surface area is 169 Å². The average Bonchev–Trinajstić information content (AvgIpc) is 3.10. The Balaban J connectivity index is 1.49. The molecule has 3 rings (SSSR count). The van der Waals surface area contributed by atoms with Gasteiger partial charge in [-0.25, -0.2) is 14.6 Å². The van der Waals surface area contributed by atoms with E-state index in [2.05, 4.69) is 22.5 Å². The van der Waals surface area contributed by atoms with E-state index in [9.17, 15) is 14.4 Å². The summed E-state index contributed by atoms with van der Waals surface area (Å²) in [5.74, 6) is -0.538. The quantitative estimate of drug-likeness (QED) is 0.747. The second-order valence-corrected chi connectivity index (χ2v) is 7.26. The van der Waals surface area contributed by atoms with Crippen molar-refractivity contribution in [3.8, 4) is 11.5 Å². The lowest BCUT2D eigenvalue weighted by Gasteiger charge is -2.29. The number of hydrogen-bond donors (Lipinski definition) is 2. The normalized spacial score (nSPS) is 18.7. The minimum absolute atomic E-state index is 0.00265. The van der Waals surface area contributed by atoms with Crippen molar-refractivity contribution in [1.82, 2.24) is 15.6 Å². The molecule has 29 heavy (non-hydrogen) atoms. The Morgan fingerprint density at radius 2 is 1.90 bits per heavy atom. The van der Waals surface area contributed by atoms with Crippen LogP contribution in [0, 0.1) is 12.8 Å². The topological polar surface area (TPSA) is 111 Å². The molecule has 1 fully saturated rings. The zero-order valence-electron chi connectivity index (χ0n) is 16.6. The van der Waals surface area contributed by atoms with Gasteiger partial charge in [-0.15, -0.1) is 0 Å². The minimum Gasteiger partial charge on any atom is -0.451 e. The van der Waals surface area contributed by atoms with E-state index >= 15 is 0 Å². The van der Waals surface area contributed by atoms with E-state index in [1.165, 1.54) is 0 Å². The molecule has 0 aliphatic heterocycles. The van der Waals surface area contributed by atoms with E-state index in [0.717, 1.165) is 31.2 Å². The number of nitrogens with one attached hydrogen (secondary N) is 2. The molecular formula is C21H25N3O5. The zero-order chi connectivity index (χ0) is 20.8. The highest BCUT2D eigenvalue weighted by Crippen LogP contribution is 2.23. The van der Waals surface area contributed by atoms with Crippen molar-refractivity contribution in [1.29, 1.82) is 0 Å². The molecule has 8 heteroatoms. The fourth-order valence-electron chi connectivity index (χ4n) is 3.39. The number of aryl methyl sites for hydroxylation is 1. The smallest absolute Gasteiger partial charge is 0.361 e. The molecule has 0 spiro atoms. The molecule has 0 radical (unpaired) electrons. The van der Waals surface area contributed by atoms with Gasteiger partial charge in [0, 0.05) is 11.6 Å². The molecule has 1 heterocycles. The van der Waals surface area contributed by atoms with Crippen molar-refractivity contribution in [2.24, 2.45) is 5.92 Å². The van der Waals surface area contributed by atoms with Crippen molar-refractivity contribution in [3.05, 3.63) is 41.8 Å². The SMILES string of the molecule is Cc1oc(-c2ccccc2)nc1C(=O)OCC(=O)NC(=O)N[C@@H]1CCCC[C@@H]1C. The molecule has 0 unspecified atom stereocenters. The van der Waals surface area contributed by atoms with Crippen LogP contribution in [-0.2, 0) is 9.53 Å². The number of carbonyl (C=O) groups excluding carboxylic acids is 3. The Bertz CT molecular complexity index is 878. The van der Waals surface area contributed by atoms with Crippen LogP contribution in [0.25, 0.3) is 11.5 Å². The number of benzene rings is 1. The number of esters is 1. The second kappa shape index (κ2) is 9.36. The molecule has 0 bridgehead atoms. The lowest BCUT2D eigenvalue weighted by molar-refractivity contribution is -0.123. The fraction of sp³-hybridized carbons (Fsp3) is 0.429. The van der Waals surface area contributed by atoms with Gasteiger partial charge in [-0.05, 0) is 37.8 Å². The van der Waals surface area contributed by atoms with Crippen LogP contribution in [0.1, 0.15) is 48.9 Å². The number of nitrogens with zero attached hydrogens (tertiary/aromatic N) is 1. The van der Waals surface area contributed by atoms with Gasteiger partial charge in [0.1, 0.15) is 5.76 Å². The molecule has 1 saturated carbocycles. The van der Waals surface area contributed by atoms with Crippen molar-refractivity contribution in [2.75, 3.05) is 6.61 Å². The van der Waals surface area contributed by atoms with E-state index in [4.69, 9.17) is 9.15 Å². The molecule has 2 aromatic rings. The first-order chi connectivity index (χ1) is 13.9. The standard InChI is InChI=1S/C21H25N3O5/c1-13-8-6-7-11-16(13)22-21(27)23-17(25)12-28-20(26)18-14(2)29-19(24-18)15-9-4-3-5-10-15/h3-5,9-10,13,16H,6-8,11-12H2,1-2H3,(H2,22,23,25,27)/t13-,16+/m0/s1. The third-order valence-electron chi connectivity index (χ3n) is 5.03. The van der Waals surface area contributed by atoms with Crippen molar-refractivity contribution in [3.63, 3.8) is 0 Å². The summed E-state index contributed by atoms with van der Waals surface area (Å²) >= 11 is 0. The minimum atomic E-state index is -0.787. The second-order valence-electron chi connectivity index (χ2n) is 7.26. The zero-order valence-corrected chi connectivity index (χ0v) is 16.6. The van der Waals surface area contributed by atoms with Gasteiger partial charge in [-0.1, -0.05) is 38.0 Å². The van der Waals surface area contributed by atoms with E-state index in [1.54, 1.807) is 19.1 Å². The van der Waals surface area contributed by atoms with Crippen molar-refractivity contribution in [2.45, 2.75) is 45.6 Å². The monoisotopic (exact) mass is 399 g/mol. The third kappa shape index (κ3) is 5.43. The van der Waals surface area contributed by atoms with Crippen molar-refractivity contribution < 1.29 is 23.5 Å². The first-order valence-electron chi connectivity index (χ1n) is 9.74. The molecule has 1 aromatic heterocycles. The largest absolute Gasteiger partial charge is 0.451 e. The Kier molecular flexibility index (Phi) is 6.64. The predicted octanol–water partition coefficient (Wildman–Crippen LogP) is 3.21. The Morgan fingerprint density at radius 1 is 1.17 bits per heavy atom. The van der Waals surface area contributed by atoms with Crippen LogP contribution in [0.15, 0.2) is 34.7 Å². The molecule has 154 valence electrons. The molecule has 2 N–H and O–H groups in total. The van der Waals surface area contributed by atoms with Crippen LogP contribution in [0.3, 0.4) is 0 Å². The van der Waals surface area contributed by atoms with E-state index in [-0.39, 0.29) is 11.7 Å². The molecule has 1 aromatic carbocycles. The van der Waals surface area contributed by atoms with Gasteiger partial charge in [0.05, 0.1) is 0 Å². The van der Waals surface area contributed by atoms with Gasteiger partial charge in [-0.2, -0.15) is 0 Å². The summed E-state index contributed by atoms with van der Waals surface area (Å²) < 4.78 is 10.5. The summed E-state index contributed by atoms with van der Waals surface area (Å²) in [4.78, 5) is 40.3. The van der Waals surface area contributed by atoms with Crippen LogP contribution >= 0.6 is 0 Å². The molecule has 1 aliphatic carbocycles. The van der Waals surface area contributed by atoms with Gasteiger partial charge >= 0.3 is 12.0 Å². The van der Waals surface area contributed by atoms with Crippen LogP contribution < -0.4 is 10.6 Å². The van der Waals surface area contributed by atoms with Crippen LogP contribution in [0.4, 0.5) is 4.79 Å².